The smallest absolute Gasteiger partial charge is 0.123 e. The van der Waals surface area contributed by atoms with Crippen LogP contribution in [-0.2, 0) is 6.54 Å². The van der Waals surface area contributed by atoms with Crippen LogP contribution in [0.1, 0.15) is 32.3 Å². The molecular weight excluding hydrogens is 284 g/mol. The summed E-state index contributed by atoms with van der Waals surface area (Å²) in [5.74, 6) is 1.60. The molecular formula is C17H27ClN2O. The lowest BCUT2D eigenvalue weighted by Crippen LogP contribution is -2.25. The van der Waals surface area contributed by atoms with Gasteiger partial charge in [0.1, 0.15) is 12.4 Å². The van der Waals surface area contributed by atoms with Crippen LogP contribution in [0, 0.1) is 5.92 Å². The van der Waals surface area contributed by atoms with Gasteiger partial charge in [-0.1, -0.05) is 25.4 Å². The highest BCUT2D eigenvalue weighted by molar-refractivity contribution is 6.30. The summed E-state index contributed by atoms with van der Waals surface area (Å²) < 4.78 is 5.97. The molecule has 0 aromatic heterocycles. The van der Waals surface area contributed by atoms with Crippen LogP contribution in [0.5, 0.6) is 5.75 Å². The molecule has 118 valence electrons. The van der Waals surface area contributed by atoms with E-state index in [9.17, 15) is 0 Å². The maximum atomic E-state index is 6.10. The van der Waals surface area contributed by atoms with Crippen molar-refractivity contribution in [1.82, 2.24) is 10.2 Å². The lowest BCUT2D eigenvalue weighted by Gasteiger charge is -2.17. The molecule has 3 nitrogen and oxygen atoms in total. The quantitative estimate of drug-likeness (QED) is 0.794. The Bertz CT molecular complexity index is 431. The first-order chi connectivity index (χ1) is 10.1. The highest BCUT2D eigenvalue weighted by Crippen LogP contribution is 2.23. The topological polar surface area (TPSA) is 24.5 Å². The van der Waals surface area contributed by atoms with Crippen LogP contribution in [0.2, 0.25) is 5.02 Å². The predicted molar refractivity (Wildman–Crippen MR) is 89.2 cm³/mol. The zero-order valence-electron chi connectivity index (χ0n) is 13.2. The van der Waals surface area contributed by atoms with Gasteiger partial charge in [0, 0.05) is 23.7 Å². The summed E-state index contributed by atoms with van der Waals surface area (Å²) in [4.78, 5) is 2.46. The highest BCUT2D eigenvalue weighted by atomic mass is 35.5. The second-order valence-corrected chi connectivity index (χ2v) is 6.61. The molecule has 21 heavy (non-hydrogen) atoms. The Labute approximate surface area is 133 Å². The molecule has 0 bridgehead atoms. The van der Waals surface area contributed by atoms with E-state index in [1.165, 1.54) is 25.9 Å². The molecule has 1 heterocycles. The van der Waals surface area contributed by atoms with Crippen LogP contribution < -0.4 is 10.1 Å². The summed E-state index contributed by atoms with van der Waals surface area (Å²) in [5, 5.41) is 4.22. The summed E-state index contributed by atoms with van der Waals surface area (Å²) in [6, 6.07) is 5.89. The van der Waals surface area contributed by atoms with Crippen LogP contribution in [-0.4, -0.2) is 37.7 Å². The maximum absolute atomic E-state index is 6.10. The van der Waals surface area contributed by atoms with E-state index in [0.717, 1.165) is 42.6 Å². The van der Waals surface area contributed by atoms with Gasteiger partial charge in [0.2, 0.25) is 0 Å². The molecule has 1 aromatic carbocycles. The van der Waals surface area contributed by atoms with Crippen molar-refractivity contribution in [3.05, 3.63) is 28.8 Å². The normalized spacial score (nSPS) is 15.8. The molecule has 0 spiro atoms. The average Bonchev–Trinajstić information content (AvgIpc) is 2.94. The van der Waals surface area contributed by atoms with Gasteiger partial charge in [-0.25, -0.2) is 0 Å². The number of hydrogen-bond donors (Lipinski definition) is 1. The number of rotatable bonds is 8. The third kappa shape index (κ3) is 5.85. The zero-order valence-corrected chi connectivity index (χ0v) is 14.0. The summed E-state index contributed by atoms with van der Waals surface area (Å²) in [6.45, 7) is 10.4. The van der Waals surface area contributed by atoms with E-state index in [1.54, 1.807) is 0 Å². The fourth-order valence-corrected chi connectivity index (χ4v) is 2.81. The van der Waals surface area contributed by atoms with Gasteiger partial charge in [-0.05, 0) is 56.6 Å². The van der Waals surface area contributed by atoms with Crippen molar-refractivity contribution in [2.45, 2.75) is 33.2 Å². The van der Waals surface area contributed by atoms with E-state index < -0.39 is 0 Å². The van der Waals surface area contributed by atoms with Gasteiger partial charge in [-0.2, -0.15) is 0 Å². The second-order valence-electron chi connectivity index (χ2n) is 6.17. The van der Waals surface area contributed by atoms with Gasteiger partial charge in [-0.15, -0.1) is 0 Å². The third-order valence-corrected chi connectivity index (χ3v) is 3.99. The standard InChI is InChI=1S/C17H27ClN2O/c1-14(2)12-19-13-15-11-16(18)5-6-17(15)21-10-9-20-7-3-4-8-20/h5-6,11,14,19H,3-4,7-10,12-13H2,1-2H3. The zero-order chi connectivity index (χ0) is 15.1. The van der Waals surface area contributed by atoms with Crippen LogP contribution in [0.3, 0.4) is 0 Å². The number of likely N-dealkylation sites (tertiary alicyclic amines) is 1. The van der Waals surface area contributed by atoms with E-state index in [4.69, 9.17) is 16.3 Å². The molecule has 0 aliphatic carbocycles. The number of ether oxygens (including phenoxy) is 1. The van der Waals surface area contributed by atoms with Crippen LogP contribution in [0.25, 0.3) is 0 Å². The van der Waals surface area contributed by atoms with Gasteiger partial charge >= 0.3 is 0 Å². The number of nitrogens with one attached hydrogen (secondary N) is 1. The molecule has 1 fully saturated rings. The summed E-state index contributed by atoms with van der Waals surface area (Å²) in [6.07, 6.45) is 2.65. The van der Waals surface area contributed by atoms with Crippen molar-refractivity contribution >= 4 is 11.6 Å². The van der Waals surface area contributed by atoms with Gasteiger partial charge in [0.05, 0.1) is 0 Å². The molecule has 0 radical (unpaired) electrons. The fourth-order valence-electron chi connectivity index (χ4n) is 2.61. The molecule has 2 rings (SSSR count). The lowest BCUT2D eigenvalue weighted by atomic mass is 10.2. The van der Waals surface area contributed by atoms with Crippen LogP contribution in [0.4, 0.5) is 0 Å². The molecule has 0 amide bonds. The van der Waals surface area contributed by atoms with E-state index in [1.807, 2.05) is 18.2 Å². The first-order valence-corrected chi connectivity index (χ1v) is 8.37. The van der Waals surface area contributed by atoms with E-state index in [-0.39, 0.29) is 0 Å². The summed E-state index contributed by atoms with van der Waals surface area (Å²) in [5.41, 5.74) is 1.14. The van der Waals surface area contributed by atoms with Crippen molar-refractivity contribution in [3.63, 3.8) is 0 Å². The molecule has 1 aliphatic heterocycles. The minimum Gasteiger partial charge on any atom is -0.492 e. The Morgan fingerprint density at radius 2 is 2.05 bits per heavy atom. The second kappa shape index (κ2) is 8.62. The van der Waals surface area contributed by atoms with Crippen LogP contribution in [0.15, 0.2) is 18.2 Å². The Kier molecular flexibility index (Phi) is 6.81. The lowest BCUT2D eigenvalue weighted by molar-refractivity contribution is 0.236. The minimum atomic E-state index is 0.642. The Morgan fingerprint density at radius 1 is 1.29 bits per heavy atom. The molecule has 1 saturated heterocycles. The van der Waals surface area contributed by atoms with Crippen molar-refractivity contribution < 1.29 is 4.74 Å². The average molecular weight is 311 g/mol. The molecule has 1 aliphatic rings. The molecule has 1 N–H and O–H groups in total. The number of nitrogens with zero attached hydrogens (tertiary/aromatic N) is 1. The molecule has 0 atom stereocenters. The molecule has 4 heteroatoms. The highest BCUT2D eigenvalue weighted by Gasteiger charge is 2.11. The number of halogens is 1. The fraction of sp³-hybridized carbons (Fsp3) is 0.647. The van der Waals surface area contributed by atoms with Gasteiger partial charge in [0.25, 0.3) is 0 Å². The van der Waals surface area contributed by atoms with E-state index in [0.29, 0.717) is 5.92 Å². The van der Waals surface area contributed by atoms with Crippen LogP contribution >= 0.6 is 11.6 Å². The van der Waals surface area contributed by atoms with Crippen molar-refractivity contribution in [1.29, 1.82) is 0 Å². The van der Waals surface area contributed by atoms with Crippen molar-refractivity contribution in [2.24, 2.45) is 5.92 Å². The molecule has 0 saturated carbocycles. The van der Waals surface area contributed by atoms with Gasteiger partial charge < -0.3 is 10.1 Å². The first-order valence-electron chi connectivity index (χ1n) is 7.99. The van der Waals surface area contributed by atoms with Gasteiger partial charge in [-0.3, -0.25) is 4.90 Å². The maximum Gasteiger partial charge on any atom is 0.123 e. The Hall–Kier alpha value is -0.770. The Balaban J connectivity index is 1.84. The summed E-state index contributed by atoms with van der Waals surface area (Å²) >= 11 is 6.10. The molecule has 1 aromatic rings. The minimum absolute atomic E-state index is 0.642. The number of hydrogen-bond acceptors (Lipinski definition) is 3. The number of benzene rings is 1. The van der Waals surface area contributed by atoms with Gasteiger partial charge in [0.15, 0.2) is 0 Å². The predicted octanol–water partition coefficient (Wildman–Crippen LogP) is 3.56. The van der Waals surface area contributed by atoms with Crippen molar-refractivity contribution in [3.8, 4) is 5.75 Å². The SMILES string of the molecule is CC(C)CNCc1cc(Cl)ccc1OCCN1CCCC1. The van der Waals surface area contributed by atoms with E-state index >= 15 is 0 Å². The third-order valence-electron chi connectivity index (χ3n) is 3.75. The first kappa shape index (κ1) is 16.6. The van der Waals surface area contributed by atoms with Crippen molar-refractivity contribution in [2.75, 3.05) is 32.8 Å². The largest absolute Gasteiger partial charge is 0.492 e. The Morgan fingerprint density at radius 3 is 2.76 bits per heavy atom. The summed E-state index contributed by atoms with van der Waals surface area (Å²) in [7, 11) is 0. The van der Waals surface area contributed by atoms with E-state index in [2.05, 4.69) is 24.1 Å². The molecule has 0 unspecified atom stereocenters. The monoisotopic (exact) mass is 310 g/mol.